The van der Waals surface area contributed by atoms with E-state index in [2.05, 4.69) is 31.2 Å². The van der Waals surface area contributed by atoms with Gasteiger partial charge in [0, 0.05) is 7.11 Å². The van der Waals surface area contributed by atoms with Gasteiger partial charge < -0.3 is 4.74 Å². The van der Waals surface area contributed by atoms with Crippen molar-refractivity contribution in [1.82, 2.24) is 0 Å². The number of ether oxygens (including phenoxy) is 1. The fourth-order valence-corrected chi connectivity index (χ4v) is 2.22. The van der Waals surface area contributed by atoms with E-state index in [1.54, 1.807) is 0 Å². The number of benzene rings is 1. The number of hydrogen-bond donors (Lipinski definition) is 0. The Labute approximate surface area is 79.7 Å². The first-order chi connectivity index (χ1) is 6.26. The summed E-state index contributed by atoms with van der Waals surface area (Å²) in [6, 6.07) is 8.62. The first kappa shape index (κ1) is 8.76. The van der Waals surface area contributed by atoms with Gasteiger partial charge in [0.1, 0.15) is 0 Å². The maximum absolute atomic E-state index is 5.61. The van der Waals surface area contributed by atoms with Gasteiger partial charge in [0.2, 0.25) is 0 Å². The molecule has 0 saturated heterocycles. The lowest BCUT2D eigenvalue weighted by Crippen LogP contribution is -2.29. The molecule has 1 aliphatic rings. The molecule has 2 rings (SSSR count). The Morgan fingerprint density at radius 3 is 2.85 bits per heavy atom. The zero-order chi connectivity index (χ0) is 9.31. The fraction of sp³-hybridized carbons (Fsp3) is 0.500. The lowest BCUT2D eigenvalue weighted by atomic mass is 9.80. The van der Waals surface area contributed by atoms with E-state index in [0.29, 0.717) is 0 Å². The smallest absolute Gasteiger partial charge is 0.0902 e. The molecule has 0 fully saturated rings. The Bertz CT molecular complexity index is 306. The van der Waals surface area contributed by atoms with Crippen LogP contribution in [0.15, 0.2) is 24.3 Å². The molecule has 1 heteroatoms. The largest absolute Gasteiger partial charge is 0.374 e. The summed E-state index contributed by atoms with van der Waals surface area (Å²) in [5, 5.41) is 0. The first-order valence-electron chi connectivity index (χ1n) is 4.90. The van der Waals surface area contributed by atoms with E-state index >= 15 is 0 Å². The molecule has 0 radical (unpaired) electrons. The Balaban J connectivity index is 2.48. The summed E-state index contributed by atoms with van der Waals surface area (Å²) in [6.07, 6.45) is 3.58. The zero-order valence-electron chi connectivity index (χ0n) is 8.34. The molecular weight excluding hydrogens is 160 g/mol. The minimum absolute atomic E-state index is 0.0468. The van der Waals surface area contributed by atoms with E-state index < -0.39 is 0 Å². The Hall–Kier alpha value is -0.820. The minimum Gasteiger partial charge on any atom is -0.374 e. The normalized spacial score (nSPS) is 26.9. The summed E-state index contributed by atoms with van der Waals surface area (Å²) in [5.41, 5.74) is 2.79. The highest BCUT2D eigenvalue weighted by molar-refractivity contribution is 5.34. The maximum atomic E-state index is 5.61. The number of fused-ring (bicyclic) bond motifs is 1. The van der Waals surface area contributed by atoms with E-state index in [-0.39, 0.29) is 5.60 Å². The van der Waals surface area contributed by atoms with Crippen LogP contribution in [0, 0.1) is 0 Å². The molecule has 0 bridgehead atoms. The summed E-state index contributed by atoms with van der Waals surface area (Å²) in [6.45, 7) is 2.19. The van der Waals surface area contributed by atoms with Gasteiger partial charge in [-0.05, 0) is 37.3 Å². The Morgan fingerprint density at radius 2 is 2.08 bits per heavy atom. The highest BCUT2D eigenvalue weighted by Gasteiger charge is 2.30. The van der Waals surface area contributed by atoms with Crippen LogP contribution in [0.4, 0.5) is 0 Å². The third-order valence-corrected chi connectivity index (χ3v) is 3.14. The van der Waals surface area contributed by atoms with Gasteiger partial charge in [-0.2, -0.15) is 0 Å². The quantitative estimate of drug-likeness (QED) is 0.639. The molecule has 1 aromatic carbocycles. The van der Waals surface area contributed by atoms with Gasteiger partial charge in [-0.15, -0.1) is 0 Å². The van der Waals surface area contributed by atoms with Crippen molar-refractivity contribution in [2.24, 2.45) is 0 Å². The van der Waals surface area contributed by atoms with E-state index in [1.165, 1.54) is 24.0 Å². The number of aryl methyl sites for hydroxylation is 1. The number of methoxy groups -OCH3 is 1. The van der Waals surface area contributed by atoms with Gasteiger partial charge in [0.05, 0.1) is 5.60 Å². The average Bonchev–Trinajstić information content (AvgIpc) is 2.19. The lowest BCUT2D eigenvalue weighted by Gasteiger charge is -2.34. The van der Waals surface area contributed by atoms with E-state index in [0.717, 1.165) is 6.42 Å². The molecule has 0 spiro atoms. The van der Waals surface area contributed by atoms with Gasteiger partial charge in [-0.25, -0.2) is 0 Å². The van der Waals surface area contributed by atoms with E-state index in [4.69, 9.17) is 4.74 Å². The third kappa shape index (κ3) is 1.37. The molecule has 0 N–H and O–H groups in total. The summed E-state index contributed by atoms with van der Waals surface area (Å²) in [4.78, 5) is 0. The molecule has 0 aliphatic heterocycles. The molecular formula is C12H16O. The minimum atomic E-state index is -0.0468. The van der Waals surface area contributed by atoms with Crippen molar-refractivity contribution >= 4 is 0 Å². The van der Waals surface area contributed by atoms with Crippen molar-refractivity contribution in [3.63, 3.8) is 0 Å². The fourth-order valence-electron chi connectivity index (χ4n) is 2.22. The predicted octanol–water partition coefficient (Wildman–Crippen LogP) is 2.88. The molecule has 13 heavy (non-hydrogen) atoms. The lowest BCUT2D eigenvalue weighted by molar-refractivity contribution is -0.0125. The summed E-state index contributed by atoms with van der Waals surface area (Å²) in [7, 11) is 1.81. The third-order valence-electron chi connectivity index (χ3n) is 3.14. The summed E-state index contributed by atoms with van der Waals surface area (Å²) < 4.78 is 5.61. The number of rotatable bonds is 1. The second-order valence-corrected chi connectivity index (χ2v) is 3.95. The standard InChI is InChI=1S/C12H16O/c1-12(13-2)9-5-7-10-6-3-4-8-11(10)12/h3-4,6,8H,5,7,9H2,1-2H3. The molecule has 0 saturated carbocycles. The Kier molecular flexibility index (Phi) is 2.12. The molecule has 1 aromatic rings. The molecule has 1 unspecified atom stereocenters. The van der Waals surface area contributed by atoms with Crippen LogP contribution in [0.3, 0.4) is 0 Å². The van der Waals surface area contributed by atoms with Crippen molar-refractivity contribution in [3.05, 3.63) is 35.4 Å². The van der Waals surface area contributed by atoms with Crippen molar-refractivity contribution < 1.29 is 4.74 Å². The number of hydrogen-bond acceptors (Lipinski definition) is 1. The highest BCUT2D eigenvalue weighted by Crippen LogP contribution is 2.37. The first-order valence-corrected chi connectivity index (χ1v) is 4.90. The van der Waals surface area contributed by atoms with Gasteiger partial charge in [-0.3, -0.25) is 0 Å². The second kappa shape index (κ2) is 3.15. The van der Waals surface area contributed by atoms with Crippen molar-refractivity contribution in [1.29, 1.82) is 0 Å². The van der Waals surface area contributed by atoms with Gasteiger partial charge in [-0.1, -0.05) is 24.3 Å². The van der Waals surface area contributed by atoms with Gasteiger partial charge in [0.15, 0.2) is 0 Å². The highest BCUT2D eigenvalue weighted by atomic mass is 16.5. The zero-order valence-corrected chi connectivity index (χ0v) is 8.34. The topological polar surface area (TPSA) is 9.23 Å². The molecule has 1 atom stereocenters. The van der Waals surface area contributed by atoms with Gasteiger partial charge in [0.25, 0.3) is 0 Å². The van der Waals surface area contributed by atoms with Crippen molar-refractivity contribution in [3.8, 4) is 0 Å². The molecule has 1 nitrogen and oxygen atoms in total. The van der Waals surface area contributed by atoms with E-state index in [9.17, 15) is 0 Å². The van der Waals surface area contributed by atoms with Gasteiger partial charge >= 0.3 is 0 Å². The molecule has 70 valence electrons. The van der Waals surface area contributed by atoms with Crippen LogP contribution >= 0.6 is 0 Å². The second-order valence-electron chi connectivity index (χ2n) is 3.95. The maximum Gasteiger partial charge on any atom is 0.0902 e. The van der Waals surface area contributed by atoms with E-state index in [1.807, 2.05) is 7.11 Å². The molecule has 1 aliphatic carbocycles. The average molecular weight is 176 g/mol. The van der Waals surface area contributed by atoms with Crippen LogP contribution in [-0.4, -0.2) is 7.11 Å². The van der Waals surface area contributed by atoms with Crippen molar-refractivity contribution in [2.75, 3.05) is 7.11 Å². The van der Waals surface area contributed by atoms with Crippen molar-refractivity contribution in [2.45, 2.75) is 31.8 Å². The van der Waals surface area contributed by atoms with Crippen LogP contribution < -0.4 is 0 Å². The Morgan fingerprint density at radius 1 is 1.31 bits per heavy atom. The van der Waals surface area contributed by atoms with Crippen LogP contribution in [-0.2, 0) is 16.8 Å². The predicted molar refractivity (Wildman–Crippen MR) is 53.7 cm³/mol. The summed E-state index contributed by atoms with van der Waals surface area (Å²) in [5.74, 6) is 0. The molecule has 0 amide bonds. The van der Waals surface area contributed by atoms with Crippen LogP contribution in [0.2, 0.25) is 0 Å². The summed E-state index contributed by atoms with van der Waals surface area (Å²) >= 11 is 0. The molecule has 0 heterocycles. The monoisotopic (exact) mass is 176 g/mol. The van der Waals surface area contributed by atoms with Crippen LogP contribution in [0.1, 0.15) is 30.9 Å². The van der Waals surface area contributed by atoms with Crippen LogP contribution in [0.25, 0.3) is 0 Å². The van der Waals surface area contributed by atoms with Crippen LogP contribution in [0.5, 0.6) is 0 Å². The molecule has 0 aromatic heterocycles. The SMILES string of the molecule is COC1(C)CCCc2ccccc21.